The first-order valence-corrected chi connectivity index (χ1v) is 6.40. The van der Waals surface area contributed by atoms with Crippen LogP contribution in [-0.4, -0.2) is 22.1 Å². The van der Waals surface area contributed by atoms with Crippen molar-refractivity contribution in [3.05, 3.63) is 58.1 Å². The standard InChI is InChI=1S/C15H12ClNO4/c1-8-2-5-13(11(6-8)15(20)21)17-14(19)10-7-9(18)3-4-12(10)16/h2-7,18H,1H3,(H,17,19)(H,20,21). The number of hydrogen-bond acceptors (Lipinski definition) is 3. The van der Waals surface area contributed by atoms with Crippen LogP contribution in [0, 0.1) is 6.92 Å². The molecule has 0 aromatic heterocycles. The van der Waals surface area contributed by atoms with Gasteiger partial charge in [-0.2, -0.15) is 0 Å². The van der Waals surface area contributed by atoms with Gasteiger partial charge in [0, 0.05) is 0 Å². The molecule has 2 aromatic rings. The quantitative estimate of drug-likeness (QED) is 0.812. The summed E-state index contributed by atoms with van der Waals surface area (Å²) in [5.74, 6) is -1.84. The molecule has 0 aliphatic heterocycles. The summed E-state index contributed by atoms with van der Waals surface area (Å²) in [6, 6.07) is 8.61. The number of hydrogen-bond donors (Lipinski definition) is 3. The molecule has 0 saturated carbocycles. The van der Waals surface area contributed by atoms with Crippen LogP contribution in [0.5, 0.6) is 5.75 Å². The third kappa shape index (κ3) is 3.32. The molecule has 0 fully saturated rings. The molecule has 0 spiro atoms. The van der Waals surface area contributed by atoms with E-state index < -0.39 is 11.9 Å². The third-order valence-electron chi connectivity index (χ3n) is 2.85. The molecule has 2 aromatic carbocycles. The van der Waals surface area contributed by atoms with E-state index in [0.717, 1.165) is 5.56 Å². The molecule has 0 aliphatic rings. The summed E-state index contributed by atoms with van der Waals surface area (Å²) < 4.78 is 0. The van der Waals surface area contributed by atoms with E-state index in [2.05, 4.69) is 5.32 Å². The van der Waals surface area contributed by atoms with E-state index >= 15 is 0 Å². The van der Waals surface area contributed by atoms with Crippen LogP contribution in [-0.2, 0) is 0 Å². The number of halogens is 1. The van der Waals surface area contributed by atoms with Crippen LogP contribution in [0.15, 0.2) is 36.4 Å². The van der Waals surface area contributed by atoms with Crippen molar-refractivity contribution in [1.29, 1.82) is 0 Å². The number of aryl methyl sites for hydroxylation is 1. The second-order valence-corrected chi connectivity index (χ2v) is 4.88. The number of carbonyl (C=O) groups excluding carboxylic acids is 1. The molecular weight excluding hydrogens is 294 g/mol. The molecule has 0 unspecified atom stereocenters. The highest BCUT2D eigenvalue weighted by Crippen LogP contribution is 2.24. The molecule has 5 nitrogen and oxygen atoms in total. The highest BCUT2D eigenvalue weighted by atomic mass is 35.5. The Bertz CT molecular complexity index is 728. The number of phenolic OH excluding ortho intramolecular Hbond substituents is 1. The summed E-state index contributed by atoms with van der Waals surface area (Å²) >= 11 is 5.90. The number of carbonyl (C=O) groups is 2. The lowest BCUT2D eigenvalue weighted by Crippen LogP contribution is -2.15. The largest absolute Gasteiger partial charge is 0.508 e. The Hall–Kier alpha value is -2.53. The molecule has 0 atom stereocenters. The summed E-state index contributed by atoms with van der Waals surface area (Å²) in [7, 11) is 0. The smallest absolute Gasteiger partial charge is 0.337 e. The van der Waals surface area contributed by atoms with Gasteiger partial charge in [0.05, 0.1) is 21.8 Å². The van der Waals surface area contributed by atoms with E-state index in [1.165, 1.54) is 30.3 Å². The number of carboxylic acid groups (broad SMARTS) is 1. The van der Waals surface area contributed by atoms with Crippen molar-refractivity contribution in [1.82, 2.24) is 0 Å². The van der Waals surface area contributed by atoms with Crippen molar-refractivity contribution in [3.8, 4) is 5.75 Å². The molecule has 21 heavy (non-hydrogen) atoms. The predicted molar refractivity (Wildman–Crippen MR) is 79.2 cm³/mol. The number of amides is 1. The summed E-state index contributed by atoms with van der Waals surface area (Å²) in [6.45, 7) is 1.75. The molecule has 0 aliphatic carbocycles. The second-order valence-electron chi connectivity index (χ2n) is 4.47. The molecule has 108 valence electrons. The van der Waals surface area contributed by atoms with Gasteiger partial charge in [0.1, 0.15) is 5.75 Å². The van der Waals surface area contributed by atoms with Gasteiger partial charge >= 0.3 is 5.97 Å². The normalized spacial score (nSPS) is 10.2. The Kier molecular flexibility index (Phi) is 4.14. The van der Waals surface area contributed by atoms with Crippen LogP contribution < -0.4 is 5.32 Å². The second kappa shape index (κ2) is 5.85. The minimum atomic E-state index is -1.14. The fourth-order valence-corrected chi connectivity index (χ4v) is 2.02. The Morgan fingerprint density at radius 2 is 1.81 bits per heavy atom. The SMILES string of the molecule is Cc1ccc(NC(=O)c2cc(O)ccc2Cl)c(C(=O)O)c1. The fraction of sp³-hybridized carbons (Fsp3) is 0.0667. The first kappa shape index (κ1) is 14.9. The van der Waals surface area contributed by atoms with Crippen molar-refractivity contribution in [2.45, 2.75) is 6.92 Å². The molecule has 0 bridgehead atoms. The van der Waals surface area contributed by atoms with E-state index in [9.17, 15) is 14.7 Å². The van der Waals surface area contributed by atoms with E-state index in [1.54, 1.807) is 13.0 Å². The lowest BCUT2D eigenvalue weighted by molar-refractivity contribution is 0.0698. The van der Waals surface area contributed by atoms with Crippen LogP contribution in [0.4, 0.5) is 5.69 Å². The molecule has 0 saturated heterocycles. The predicted octanol–water partition coefficient (Wildman–Crippen LogP) is 3.30. The van der Waals surface area contributed by atoms with E-state index in [0.29, 0.717) is 0 Å². The number of aromatic hydroxyl groups is 1. The number of carboxylic acids is 1. The Morgan fingerprint density at radius 3 is 2.48 bits per heavy atom. The number of aromatic carboxylic acids is 1. The molecule has 0 heterocycles. The van der Waals surface area contributed by atoms with Gasteiger partial charge in [-0.1, -0.05) is 23.2 Å². The Balaban J connectivity index is 2.36. The van der Waals surface area contributed by atoms with Crippen LogP contribution in [0.1, 0.15) is 26.3 Å². The van der Waals surface area contributed by atoms with Crippen molar-refractivity contribution in [3.63, 3.8) is 0 Å². The zero-order valence-corrected chi connectivity index (χ0v) is 11.8. The van der Waals surface area contributed by atoms with Crippen LogP contribution in [0.3, 0.4) is 0 Å². The van der Waals surface area contributed by atoms with Gasteiger partial charge in [0.15, 0.2) is 0 Å². The minimum absolute atomic E-state index is 0.0142. The average molecular weight is 306 g/mol. The highest BCUT2D eigenvalue weighted by Gasteiger charge is 2.16. The topological polar surface area (TPSA) is 86.6 Å². The number of nitrogens with one attached hydrogen (secondary N) is 1. The Labute approximate surface area is 125 Å². The summed E-state index contributed by atoms with van der Waals surface area (Å²) in [5, 5.41) is 21.2. The van der Waals surface area contributed by atoms with E-state index in [1.807, 2.05) is 0 Å². The van der Waals surface area contributed by atoms with Gasteiger partial charge < -0.3 is 15.5 Å². The van der Waals surface area contributed by atoms with Gasteiger partial charge in [-0.3, -0.25) is 4.79 Å². The van der Waals surface area contributed by atoms with E-state index in [-0.39, 0.29) is 27.6 Å². The van der Waals surface area contributed by atoms with E-state index in [4.69, 9.17) is 16.7 Å². The first-order valence-electron chi connectivity index (χ1n) is 6.02. The summed E-state index contributed by atoms with van der Waals surface area (Å²) in [5.41, 5.74) is 0.978. The van der Waals surface area contributed by atoms with Crippen molar-refractivity contribution < 1.29 is 19.8 Å². The molecular formula is C15H12ClNO4. The third-order valence-corrected chi connectivity index (χ3v) is 3.18. The maximum absolute atomic E-state index is 12.1. The monoisotopic (exact) mass is 305 g/mol. The van der Waals surface area contributed by atoms with Crippen LogP contribution in [0.25, 0.3) is 0 Å². The van der Waals surface area contributed by atoms with Gasteiger partial charge in [-0.25, -0.2) is 4.79 Å². The number of benzene rings is 2. The molecule has 0 radical (unpaired) electrons. The van der Waals surface area contributed by atoms with Gasteiger partial charge in [-0.05, 0) is 37.3 Å². The number of phenols is 1. The zero-order valence-electron chi connectivity index (χ0n) is 11.1. The lowest BCUT2D eigenvalue weighted by Gasteiger charge is -2.10. The first-order chi connectivity index (χ1) is 9.88. The zero-order chi connectivity index (χ0) is 15.6. The van der Waals surface area contributed by atoms with Gasteiger partial charge in [0.2, 0.25) is 0 Å². The fourth-order valence-electron chi connectivity index (χ4n) is 1.82. The molecule has 6 heteroatoms. The van der Waals surface area contributed by atoms with Crippen molar-refractivity contribution in [2.24, 2.45) is 0 Å². The van der Waals surface area contributed by atoms with Crippen LogP contribution >= 0.6 is 11.6 Å². The Morgan fingerprint density at radius 1 is 1.10 bits per heavy atom. The molecule has 1 amide bonds. The minimum Gasteiger partial charge on any atom is -0.508 e. The maximum atomic E-state index is 12.1. The molecule has 2 rings (SSSR count). The average Bonchev–Trinajstić information content (AvgIpc) is 2.43. The summed E-state index contributed by atoms with van der Waals surface area (Å²) in [4.78, 5) is 23.3. The maximum Gasteiger partial charge on any atom is 0.337 e. The molecule has 3 N–H and O–H groups in total. The van der Waals surface area contributed by atoms with Crippen LogP contribution in [0.2, 0.25) is 5.02 Å². The number of rotatable bonds is 3. The summed E-state index contributed by atoms with van der Waals surface area (Å²) in [6.07, 6.45) is 0. The highest BCUT2D eigenvalue weighted by molar-refractivity contribution is 6.34. The van der Waals surface area contributed by atoms with Crippen molar-refractivity contribution in [2.75, 3.05) is 5.32 Å². The van der Waals surface area contributed by atoms with Gasteiger partial charge in [-0.15, -0.1) is 0 Å². The lowest BCUT2D eigenvalue weighted by atomic mass is 10.1. The number of anilines is 1. The van der Waals surface area contributed by atoms with Gasteiger partial charge in [0.25, 0.3) is 5.91 Å². The van der Waals surface area contributed by atoms with Crippen molar-refractivity contribution >= 4 is 29.2 Å².